The van der Waals surface area contributed by atoms with E-state index in [9.17, 15) is 0 Å². The van der Waals surface area contributed by atoms with Gasteiger partial charge in [0.05, 0.1) is 0 Å². The summed E-state index contributed by atoms with van der Waals surface area (Å²) in [5.41, 5.74) is 0. The van der Waals surface area contributed by atoms with Crippen molar-refractivity contribution in [2.75, 3.05) is 28.2 Å². The molecule has 0 radical (unpaired) electrons. The second kappa shape index (κ2) is 4.56. The van der Waals surface area contributed by atoms with E-state index in [2.05, 4.69) is 9.88 Å². The molecule has 62 valence electrons. The van der Waals surface area contributed by atoms with E-state index < -0.39 is 0 Å². The largest absolute Gasteiger partial charge is 0.263 e. The fraction of sp³-hybridized carbons (Fsp3) is 1.00. The summed E-state index contributed by atoms with van der Waals surface area (Å²) < 4.78 is 0. The second-order valence-corrected chi connectivity index (χ2v) is 2.03. The molecule has 0 spiro atoms. The summed E-state index contributed by atoms with van der Waals surface area (Å²) in [7, 11) is 6.45. The van der Waals surface area contributed by atoms with E-state index in [4.69, 9.17) is 5.21 Å². The highest BCUT2D eigenvalue weighted by atomic mass is 17.2. The molecule has 0 aliphatic rings. The SMILES string of the molecule is CN(C)ON(O)ON(C)C. The number of rotatable bonds is 4. The fourth-order valence-corrected chi connectivity index (χ4v) is 0.294. The van der Waals surface area contributed by atoms with Crippen molar-refractivity contribution >= 4 is 0 Å². The minimum atomic E-state index is 0.250. The van der Waals surface area contributed by atoms with Crippen LogP contribution in [-0.2, 0) is 9.88 Å². The van der Waals surface area contributed by atoms with Gasteiger partial charge in [0.2, 0.25) is 0 Å². The molecule has 0 aliphatic heterocycles. The maximum atomic E-state index is 8.70. The maximum Gasteiger partial charge on any atom is 0.110 e. The van der Waals surface area contributed by atoms with Crippen LogP contribution in [0.3, 0.4) is 0 Å². The van der Waals surface area contributed by atoms with E-state index in [1.165, 1.54) is 10.1 Å². The molecule has 0 fully saturated rings. The Morgan fingerprint density at radius 3 is 1.40 bits per heavy atom. The topological polar surface area (TPSA) is 48.4 Å². The highest BCUT2D eigenvalue weighted by Crippen LogP contribution is 1.89. The van der Waals surface area contributed by atoms with Gasteiger partial charge in [0.25, 0.3) is 0 Å². The third-order valence-electron chi connectivity index (χ3n) is 0.466. The van der Waals surface area contributed by atoms with Gasteiger partial charge in [0, 0.05) is 28.2 Å². The van der Waals surface area contributed by atoms with Gasteiger partial charge in [-0.1, -0.05) is 0 Å². The Morgan fingerprint density at radius 1 is 0.900 bits per heavy atom. The van der Waals surface area contributed by atoms with Gasteiger partial charge in [-0.3, -0.25) is 5.21 Å². The summed E-state index contributed by atoms with van der Waals surface area (Å²) >= 11 is 0. The molecule has 0 saturated carbocycles. The molecule has 0 aromatic heterocycles. The predicted molar refractivity (Wildman–Crippen MR) is 33.2 cm³/mol. The highest BCUT2D eigenvalue weighted by molar-refractivity contribution is 4.00. The summed E-state index contributed by atoms with van der Waals surface area (Å²) in [6, 6.07) is 0. The van der Waals surface area contributed by atoms with Crippen molar-refractivity contribution in [3.05, 3.63) is 0 Å². The van der Waals surface area contributed by atoms with Crippen LogP contribution in [0.15, 0.2) is 0 Å². The zero-order valence-electron chi connectivity index (χ0n) is 6.61. The molecule has 0 amide bonds. The Hall–Kier alpha value is -0.240. The summed E-state index contributed by atoms with van der Waals surface area (Å²) in [6.07, 6.45) is 0. The van der Waals surface area contributed by atoms with Crippen molar-refractivity contribution in [2.45, 2.75) is 0 Å². The average Bonchev–Trinajstić information content (AvgIpc) is 1.58. The Kier molecular flexibility index (Phi) is 4.45. The van der Waals surface area contributed by atoms with Crippen LogP contribution in [0.5, 0.6) is 0 Å². The van der Waals surface area contributed by atoms with Crippen LogP contribution in [0.2, 0.25) is 0 Å². The van der Waals surface area contributed by atoms with E-state index >= 15 is 0 Å². The van der Waals surface area contributed by atoms with Gasteiger partial charge in [0.15, 0.2) is 0 Å². The minimum absolute atomic E-state index is 0.250. The van der Waals surface area contributed by atoms with Gasteiger partial charge in [-0.25, -0.2) is 0 Å². The summed E-state index contributed by atoms with van der Waals surface area (Å²) in [5, 5.41) is 11.5. The van der Waals surface area contributed by atoms with Crippen LogP contribution in [0.25, 0.3) is 0 Å². The summed E-state index contributed by atoms with van der Waals surface area (Å²) in [6.45, 7) is 0. The molecule has 0 saturated heterocycles. The van der Waals surface area contributed by atoms with Crippen molar-refractivity contribution in [3.8, 4) is 0 Å². The first-order valence-electron chi connectivity index (χ1n) is 2.72. The first-order chi connectivity index (χ1) is 4.52. The molecule has 0 aliphatic carbocycles. The first kappa shape index (κ1) is 9.76. The predicted octanol–water partition coefficient (Wildman–Crippen LogP) is -0.506. The lowest BCUT2D eigenvalue weighted by atomic mass is 11.2. The van der Waals surface area contributed by atoms with Gasteiger partial charge in [-0.15, -0.1) is 0 Å². The Bertz CT molecular complexity index is 77.8. The molecule has 0 rings (SSSR count). The van der Waals surface area contributed by atoms with E-state index in [1.54, 1.807) is 28.2 Å². The third-order valence-corrected chi connectivity index (χ3v) is 0.466. The lowest BCUT2D eigenvalue weighted by Gasteiger charge is -2.18. The number of hydrogen-bond donors (Lipinski definition) is 1. The van der Waals surface area contributed by atoms with Gasteiger partial charge >= 0.3 is 0 Å². The highest BCUT2D eigenvalue weighted by Gasteiger charge is 2.03. The maximum absolute atomic E-state index is 8.70. The van der Waals surface area contributed by atoms with Crippen molar-refractivity contribution < 1.29 is 15.1 Å². The standard InChI is InChI=1S/C4H13N3O3/c1-5(2)9-7(8)10-6(3)4/h8H,1-4H3. The molecule has 10 heavy (non-hydrogen) atoms. The molecule has 0 atom stereocenters. The monoisotopic (exact) mass is 151 g/mol. The number of hydroxylamine groups is 4. The van der Waals surface area contributed by atoms with E-state index in [-0.39, 0.29) is 5.39 Å². The van der Waals surface area contributed by atoms with E-state index in [0.29, 0.717) is 0 Å². The molecule has 0 aromatic rings. The van der Waals surface area contributed by atoms with Crippen molar-refractivity contribution in [3.63, 3.8) is 0 Å². The van der Waals surface area contributed by atoms with Gasteiger partial charge in [0.1, 0.15) is 5.39 Å². The van der Waals surface area contributed by atoms with Crippen LogP contribution < -0.4 is 0 Å². The molecule has 0 heterocycles. The Morgan fingerprint density at radius 2 is 1.20 bits per heavy atom. The van der Waals surface area contributed by atoms with Crippen LogP contribution in [0.1, 0.15) is 0 Å². The molecule has 0 aromatic carbocycles. The summed E-state index contributed by atoms with van der Waals surface area (Å²) in [4.78, 5) is 9.04. The lowest BCUT2D eigenvalue weighted by molar-refractivity contribution is -0.603. The van der Waals surface area contributed by atoms with Gasteiger partial charge < -0.3 is 0 Å². The number of hydrogen-bond acceptors (Lipinski definition) is 6. The van der Waals surface area contributed by atoms with Gasteiger partial charge in [-0.2, -0.15) is 20.0 Å². The summed E-state index contributed by atoms with van der Waals surface area (Å²) in [5.74, 6) is 0. The zero-order valence-corrected chi connectivity index (χ0v) is 6.61. The molecular formula is C4H13N3O3. The smallest absolute Gasteiger partial charge is 0.110 e. The second-order valence-electron chi connectivity index (χ2n) is 2.03. The van der Waals surface area contributed by atoms with Crippen molar-refractivity contribution in [1.29, 1.82) is 0 Å². The Balaban J connectivity index is 3.34. The van der Waals surface area contributed by atoms with Crippen molar-refractivity contribution in [1.82, 2.24) is 15.5 Å². The molecular weight excluding hydrogens is 138 g/mol. The van der Waals surface area contributed by atoms with Crippen LogP contribution in [0, 0.1) is 0 Å². The van der Waals surface area contributed by atoms with E-state index in [1.807, 2.05) is 0 Å². The van der Waals surface area contributed by atoms with Crippen LogP contribution >= 0.6 is 0 Å². The molecule has 6 heteroatoms. The van der Waals surface area contributed by atoms with Gasteiger partial charge in [-0.05, 0) is 0 Å². The van der Waals surface area contributed by atoms with Crippen molar-refractivity contribution in [2.24, 2.45) is 0 Å². The average molecular weight is 151 g/mol. The number of nitrogens with zero attached hydrogens (tertiary/aromatic N) is 3. The minimum Gasteiger partial charge on any atom is -0.263 e. The fourth-order valence-electron chi connectivity index (χ4n) is 0.294. The third kappa shape index (κ3) is 5.89. The molecule has 0 unspecified atom stereocenters. The molecule has 6 nitrogen and oxygen atoms in total. The van der Waals surface area contributed by atoms with Crippen LogP contribution in [0.4, 0.5) is 0 Å². The normalized spacial score (nSPS) is 12.0. The Labute approximate surface area is 59.9 Å². The zero-order chi connectivity index (χ0) is 8.15. The van der Waals surface area contributed by atoms with Crippen LogP contribution in [-0.4, -0.2) is 48.9 Å². The molecule has 1 N–H and O–H groups in total. The quantitative estimate of drug-likeness (QED) is 0.546. The first-order valence-corrected chi connectivity index (χ1v) is 2.72. The molecule has 0 bridgehead atoms. The lowest BCUT2D eigenvalue weighted by Crippen LogP contribution is -2.32. The van der Waals surface area contributed by atoms with E-state index in [0.717, 1.165) is 0 Å².